The first-order valence-corrected chi connectivity index (χ1v) is 8.25. The van der Waals surface area contributed by atoms with Crippen LogP contribution in [0.15, 0.2) is 54.6 Å². The molecule has 2 rings (SSSR count). The van der Waals surface area contributed by atoms with Crippen molar-refractivity contribution in [1.82, 2.24) is 0 Å². The zero-order chi connectivity index (χ0) is 13.0. The van der Waals surface area contributed by atoms with E-state index in [0.717, 1.165) is 17.2 Å². The molecule has 0 saturated carbocycles. The first-order chi connectivity index (χ1) is 8.53. The molecule has 94 valence electrons. The van der Waals surface area contributed by atoms with Crippen molar-refractivity contribution in [3.8, 4) is 11.5 Å². The molecule has 0 fully saturated rings. The Morgan fingerprint density at radius 3 is 2.00 bits per heavy atom. The van der Waals surface area contributed by atoms with Crippen LogP contribution < -0.4 is 20.8 Å². The second kappa shape index (κ2) is 5.50. The number of nitrogens with two attached hydrogens (primary N) is 2. The van der Waals surface area contributed by atoms with Crippen molar-refractivity contribution < 1.29 is 4.74 Å². The number of ether oxygens (including phenoxy) is 1. The van der Waals surface area contributed by atoms with Gasteiger partial charge in [0.15, 0.2) is 6.49 Å². The molecule has 0 unspecified atom stereocenters. The number of para-hydroxylation sites is 1. The van der Waals surface area contributed by atoms with Gasteiger partial charge in [-0.25, -0.2) is 0 Å². The predicted molar refractivity (Wildman–Crippen MR) is 79.2 cm³/mol. The molecule has 0 aromatic heterocycles. The monoisotopic (exact) mass is 279 g/mol. The van der Waals surface area contributed by atoms with Gasteiger partial charge in [0.1, 0.15) is 11.5 Å². The Labute approximate surface area is 111 Å². The van der Waals surface area contributed by atoms with Crippen LogP contribution in [-0.2, 0) is 11.8 Å². The Bertz CT molecular complexity index is 553. The lowest BCUT2D eigenvalue weighted by Crippen LogP contribution is -2.12. The molecule has 0 amide bonds. The molecule has 0 radical (unpaired) electrons. The fourth-order valence-corrected chi connectivity index (χ4v) is 2.29. The van der Waals surface area contributed by atoms with E-state index in [0.29, 0.717) is 0 Å². The first-order valence-electron chi connectivity index (χ1n) is 5.31. The molecule has 5 N–H and O–H groups in total. The molecule has 2 aromatic carbocycles. The molecule has 0 aliphatic rings. The van der Waals surface area contributed by atoms with Crippen molar-refractivity contribution in [1.29, 1.82) is 0 Å². The molecule has 0 atom stereocenters. The third-order valence-electron chi connectivity index (χ3n) is 2.14. The molecule has 4 nitrogen and oxygen atoms in total. The molecule has 6 heteroatoms. The minimum atomic E-state index is -2.43. The maximum absolute atomic E-state index is 5.66. The predicted octanol–water partition coefficient (Wildman–Crippen LogP) is 3.03. The summed E-state index contributed by atoms with van der Waals surface area (Å²) >= 11 is 4.93. The molecular formula is C12H14N3OPS. The summed E-state index contributed by atoms with van der Waals surface area (Å²) in [6.07, 6.45) is 0. The molecule has 0 bridgehead atoms. The number of benzene rings is 2. The zero-order valence-corrected chi connectivity index (χ0v) is 11.3. The van der Waals surface area contributed by atoms with Gasteiger partial charge in [0, 0.05) is 5.69 Å². The Morgan fingerprint density at radius 1 is 0.889 bits per heavy atom. The lowest BCUT2D eigenvalue weighted by atomic mass is 10.3. The maximum Gasteiger partial charge on any atom is 0.156 e. The van der Waals surface area contributed by atoms with E-state index in [-0.39, 0.29) is 0 Å². The number of hydrogen-bond acceptors (Lipinski definition) is 2. The second-order valence-corrected chi connectivity index (χ2v) is 7.22. The van der Waals surface area contributed by atoms with Crippen LogP contribution in [0.25, 0.3) is 0 Å². The van der Waals surface area contributed by atoms with Crippen LogP contribution >= 0.6 is 6.49 Å². The van der Waals surface area contributed by atoms with Gasteiger partial charge in [0.05, 0.1) is 0 Å². The topological polar surface area (TPSA) is 73.3 Å². The van der Waals surface area contributed by atoms with E-state index < -0.39 is 6.49 Å². The van der Waals surface area contributed by atoms with Gasteiger partial charge in [-0.3, -0.25) is 11.0 Å². The normalized spacial score (nSPS) is 11.0. The van der Waals surface area contributed by atoms with Gasteiger partial charge in [0.25, 0.3) is 0 Å². The van der Waals surface area contributed by atoms with E-state index in [1.165, 1.54) is 0 Å². The zero-order valence-electron chi connectivity index (χ0n) is 9.61. The van der Waals surface area contributed by atoms with Gasteiger partial charge in [-0.2, -0.15) is 0 Å². The largest absolute Gasteiger partial charge is 0.457 e. The smallest absolute Gasteiger partial charge is 0.156 e. The van der Waals surface area contributed by atoms with Crippen molar-refractivity contribution in [3.05, 3.63) is 54.6 Å². The van der Waals surface area contributed by atoms with Crippen molar-refractivity contribution in [2.45, 2.75) is 0 Å². The second-order valence-electron chi connectivity index (χ2n) is 3.76. The van der Waals surface area contributed by atoms with Crippen LogP contribution in [0.3, 0.4) is 0 Å². The van der Waals surface area contributed by atoms with E-state index in [2.05, 4.69) is 5.09 Å². The van der Waals surface area contributed by atoms with E-state index in [4.69, 9.17) is 27.6 Å². The van der Waals surface area contributed by atoms with Gasteiger partial charge < -0.3 is 9.82 Å². The summed E-state index contributed by atoms with van der Waals surface area (Å²) in [4.78, 5) is 0. The van der Waals surface area contributed by atoms with Gasteiger partial charge in [-0.15, -0.1) is 0 Å². The third kappa shape index (κ3) is 4.13. The summed E-state index contributed by atoms with van der Waals surface area (Å²) in [5, 5.41) is 2.90. The molecule has 0 heterocycles. The highest BCUT2D eigenvalue weighted by atomic mass is 32.4. The number of nitrogens with one attached hydrogen (secondary N) is 1. The minimum Gasteiger partial charge on any atom is -0.457 e. The summed E-state index contributed by atoms with van der Waals surface area (Å²) in [5.41, 5.74) is 12.0. The Morgan fingerprint density at radius 2 is 1.44 bits per heavy atom. The van der Waals surface area contributed by atoms with Crippen molar-refractivity contribution in [3.63, 3.8) is 0 Å². The van der Waals surface area contributed by atoms with Gasteiger partial charge in [-0.05, 0) is 48.2 Å². The van der Waals surface area contributed by atoms with Crippen LogP contribution in [-0.4, -0.2) is 0 Å². The highest BCUT2D eigenvalue weighted by Crippen LogP contribution is 2.29. The summed E-state index contributed by atoms with van der Waals surface area (Å²) < 4.78 is 5.66. The van der Waals surface area contributed by atoms with Crippen LogP contribution in [0.1, 0.15) is 0 Å². The van der Waals surface area contributed by atoms with Gasteiger partial charge >= 0.3 is 0 Å². The fourth-order valence-electron chi connectivity index (χ4n) is 1.42. The molecule has 0 saturated heterocycles. The molecular weight excluding hydrogens is 265 g/mol. The summed E-state index contributed by atoms with van der Waals surface area (Å²) in [7, 11) is 0. The van der Waals surface area contributed by atoms with E-state index in [1.807, 2.05) is 54.6 Å². The van der Waals surface area contributed by atoms with Gasteiger partial charge in [0.2, 0.25) is 0 Å². The molecule has 0 spiro atoms. The number of hydrogen-bond donors (Lipinski definition) is 3. The van der Waals surface area contributed by atoms with Crippen LogP contribution in [0, 0.1) is 0 Å². The van der Waals surface area contributed by atoms with Crippen molar-refractivity contribution >= 4 is 24.0 Å². The fraction of sp³-hybridized carbons (Fsp3) is 0. The summed E-state index contributed by atoms with van der Waals surface area (Å²) in [5.74, 6) is 1.54. The highest BCUT2D eigenvalue weighted by Gasteiger charge is 2.03. The minimum absolute atomic E-state index is 0.745. The number of anilines is 1. The standard InChI is InChI=1S/C12H14N3OPS/c13-17(14,18)15-10-6-8-12(9-7-10)16-11-4-2-1-3-5-11/h1-9H,(H5,13,14,15,18). The van der Waals surface area contributed by atoms with Crippen molar-refractivity contribution in [2.75, 3.05) is 5.09 Å². The Hall–Kier alpha value is -1.39. The highest BCUT2D eigenvalue weighted by molar-refractivity contribution is 8.13. The van der Waals surface area contributed by atoms with Crippen LogP contribution in [0.2, 0.25) is 0 Å². The maximum atomic E-state index is 5.66. The van der Waals surface area contributed by atoms with E-state index in [1.54, 1.807) is 0 Å². The van der Waals surface area contributed by atoms with Gasteiger partial charge in [-0.1, -0.05) is 18.2 Å². The molecule has 0 aliphatic heterocycles. The lowest BCUT2D eigenvalue weighted by Gasteiger charge is -2.14. The Balaban J connectivity index is 2.06. The molecule has 18 heavy (non-hydrogen) atoms. The van der Waals surface area contributed by atoms with Crippen LogP contribution in [0.4, 0.5) is 5.69 Å². The third-order valence-corrected chi connectivity index (χ3v) is 3.02. The first kappa shape index (κ1) is 13.1. The van der Waals surface area contributed by atoms with Crippen LogP contribution in [0.5, 0.6) is 11.5 Å². The van der Waals surface area contributed by atoms with E-state index in [9.17, 15) is 0 Å². The van der Waals surface area contributed by atoms with E-state index >= 15 is 0 Å². The summed E-state index contributed by atoms with van der Waals surface area (Å²) in [6.45, 7) is -2.43. The lowest BCUT2D eigenvalue weighted by molar-refractivity contribution is 0.483. The SMILES string of the molecule is NP(N)(=S)Nc1ccc(Oc2ccccc2)cc1. The quantitative estimate of drug-likeness (QED) is 0.750. The molecule has 2 aromatic rings. The number of rotatable bonds is 4. The molecule has 0 aliphatic carbocycles. The summed E-state index contributed by atoms with van der Waals surface area (Å²) in [6, 6.07) is 16.9. The average Bonchev–Trinajstić information content (AvgIpc) is 2.31. The average molecular weight is 279 g/mol. The Kier molecular flexibility index (Phi) is 3.99. The van der Waals surface area contributed by atoms with Crippen molar-refractivity contribution in [2.24, 2.45) is 11.0 Å².